The average molecular weight is 257 g/mol. The number of hydrogen-bond donors (Lipinski definition) is 3. The molecule has 2 rings (SSSR count). The number of phenols is 1. The van der Waals surface area contributed by atoms with E-state index in [1.165, 1.54) is 6.07 Å². The van der Waals surface area contributed by atoms with Crippen molar-refractivity contribution in [2.75, 3.05) is 0 Å². The highest BCUT2D eigenvalue weighted by atomic mass is 16.4. The molecule has 0 aliphatic heterocycles. The molecule has 19 heavy (non-hydrogen) atoms. The van der Waals surface area contributed by atoms with Crippen LogP contribution < -0.4 is 5.73 Å². The number of rotatable bonds is 4. The summed E-state index contributed by atoms with van der Waals surface area (Å²) < 4.78 is 0. The van der Waals surface area contributed by atoms with Crippen LogP contribution in [0.1, 0.15) is 5.56 Å². The van der Waals surface area contributed by atoms with E-state index in [1.807, 2.05) is 30.3 Å². The second kappa shape index (κ2) is 5.54. The van der Waals surface area contributed by atoms with Gasteiger partial charge in [0.05, 0.1) is 0 Å². The average Bonchev–Trinajstić information content (AvgIpc) is 2.41. The molecule has 0 saturated heterocycles. The van der Waals surface area contributed by atoms with Crippen molar-refractivity contribution in [1.29, 1.82) is 0 Å². The van der Waals surface area contributed by atoms with Crippen LogP contribution in [-0.4, -0.2) is 22.2 Å². The van der Waals surface area contributed by atoms with Gasteiger partial charge in [-0.15, -0.1) is 0 Å². The van der Waals surface area contributed by atoms with Gasteiger partial charge in [0.15, 0.2) is 0 Å². The van der Waals surface area contributed by atoms with Crippen molar-refractivity contribution < 1.29 is 15.0 Å². The summed E-state index contributed by atoms with van der Waals surface area (Å²) >= 11 is 0. The van der Waals surface area contributed by atoms with Crippen LogP contribution >= 0.6 is 0 Å². The van der Waals surface area contributed by atoms with Crippen LogP contribution in [-0.2, 0) is 11.2 Å². The molecular weight excluding hydrogens is 242 g/mol. The highest BCUT2D eigenvalue weighted by Gasteiger charge is 2.15. The largest absolute Gasteiger partial charge is 0.508 e. The Morgan fingerprint density at radius 1 is 1.16 bits per heavy atom. The molecule has 4 heteroatoms. The van der Waals surface area contributed by atoms with Gasteiger partial charge in [0.25, 0.3) is 0 Å². The summed E-state index contributed by atoms with van der Waals surface area (Å²) in [5.74, 6) is -0.890. The van der Waals surface area contributed by atoms with Gasteiger partial charge in [0.1, 0.15) is 11.8 Å². The van der Waals surface area contributed by atoms with E-state index in [9.17, 15) is 9.90 Å². The summed E-state index contributed by atoms with van der Waals surface area (Å²) in [7, 11) is 0. The lowest BCUT2D eigenvalue weighted by molar-refractivity contribution is -0.138. The van der Waals surface area contributed by atoms with Crippen molar-refractivity contribution >= 4 is 5.97 Å². The van der Waals surface area contributed by atoms with Gasteiger partial charge in [-0.25, -0.2) is 0 Å². The highest BCUT2D eigenvalue weighted by Crippen LogP contribution is 2.28. The fourth-order valence-electron chi connectivity index (χ4n) is 1.95. The van der Waals surface area contributed by atoms with E-state index in [1.54, 1.807) is 12.1 Å². The molecule has 4 nitrogen and oxygen atoms in total. The normalized spacial score (nSPS) is 12.1. The number of carbonyl (C=O) groups is 1. The smallest absolute Gasteiger partial charge is 0.320 e. The maximum atomic E-state index is 10.8. The lowest BCUT2D eigenvalue weighted by Gasteiger charge is -2.12. The maximum Gasteiger partial charge on any atom is 0.320 e. The number of carboxylic acid groups (broad SMARTS) is 1. The maximum absolute atomic E-state index is 10.8. The molecule has 0 radical (unpaired) electrons. The summed E-state index contributed by atoms with van der Waals surface area (Å²) in [6.07, 6.45) is 0.222. The topological polar surface area (TPSA) is 83.5 Å². The minimum absolute atomic E-state index is 0.145. The summed E-state index contributed by atoms with van der Waals surface area (Å²) in [5, 5.41) is 18.5. The Morgan fingerprint density at radius 3 is 2.47 bits per heavy atom. The van der Waals surface area contributed by atoms with Crippen LogP contribution in [0.15, 0.2) is 48.5 Å². The van der Waals surface area contributed by atoms with E-state index in [0.29, 0.717) is 0 Å². The zero-order chi connectivity index (χ0) is 13.8. The van der Waals surface area contributed by atoms with Gasteiger partial charge in [-0.1, -0.05) is 36.4 Å². The fraction of sp³-hybridized carbons (Fsp3) is 0.133. The highest BCUT2D eigenvalue weighted by molar-refractivity contribution is 5.75. The second-order valence-corrected chi connectivity index (χ2v) is 4.36. The third-order valence-corrected chi connectivity index (χ3v) is 2.94. The SMILES string of the molecule is N[C@@H](Cc1ccc(O)cc1-c1ccccc1)C(=O)O. The Labute approximate surface area is 111 Å². The van der Waals surface area contributed by atoms with Crippen molar-refractivity contribution in [3.05, 3.63) is 54.1 Å². The molecule has 0 spiro atoms. The Hall–Kier alpha value is -2.33. The predicted molar refractivity (Wildman–Crippen MR) is 72.9 cm³/mol. The quantitative estimate of drug-likeness (QED) is 0.782. The predicted octanol–water partition coefficient (Wildman–Crippen LogP) is 2.01. The second-order valence-electron chi connectivity index (χ2n) is 4.36. The van der Waals surface area contributed by atoms with Gasteiger partial charge in [-0.3, -0.25) is 4.79 Å². The van der Waals surface area contributed by atoms with Crippen LogP contribution in [0.5, 0.6) is 5.75 Å². The molecule has 0 bridgehead atoms. The molecule has 4 N–H and O–H groups in total. The van der Waals surface area contributed by atoms with E-state index in [-0.39, 0.29) is 12.2 Å². The van der Waals surface area contributed by atoms with E-state index in [0.717, 1.165) is 16.7 Å². The number of phenolic OH excluding ortho intramolecular Hbond substituents is 1. The lowest BCUT2D eigenvalue weighted by atomic mass is 9.95. The zero-order valence-electron chi connectivity index (χ0n) is 10.3. The molecule has 1 atom stereocenters. The summed E-state index contributed by atoms with van der Waals surface area (Å²) in [4.78, 5) is 10.8. The van der Waals surface area contributed by atoms with Crippen molar-refractivity contribution in [3.63, 3.8) is 0 Å². The first-order chi connectivity index (χ1) is 9.08. The number of carboxylic acids is 1. The van der Waals surface area contributed by atoms with Crippen molar-refractivity contribution in [2.45, 2.75) is 12.5 Å². The van der Waals surface area contributed by atoms with E-state index >= 15 is 0 Å². The molecular formula is C15H15NO3. The fourth-order valence-corrected chi connectivity index (χ4v) is 1.95. The Bertz CT molecular complexity index is 581. The molecule has 98 valence electrons. The molecule has 0 aliphatic carbocycles. The van der Waals surface area contributed by atoms with Gasteiger partial charge in [-0.2, -0.15) is 0 Å². The van der Waals surface area contributed by atoms with Crippen LogP contribution in [0.3, 0.4) is 0 Å². The number of benzene rings is 2. The molecule has 0 heterocycles. The molecule has 2 aromatic rings. The number of aromatic hydroxyl groups is 1. The summed E-state index contributed by atoms with van der Waals surface area (Å²) in [5.41, 5.74) is 8.10. The monoisotopic (exact) mass is 257 g/mol. The Kier molecular flexibility index (Phi) is 3.82. The van der Waals surface area contributed by atoms with Gasteiger partial charge in [-0.05, 0) is 35.2 Å². The van der Waals surface area contributed by atoms with Crippen molar-refractivity contribution in [2.24, 2.45) is 5.73 Å². The number of aliphatic carboxylic acids is 1. The number of nitrogens with two attached hydrogens (primary N) is 1. The third-order valence-electron chi connectivity index (χ3n) is 2.94. The minimum Gasteiger partial charge on any atom is -0.508 e. The van der Waals surface area contributed by atoms with E-state index < -0.39 is 12.0 Å². The van der Waals surface area contributed by atoms with E-state index in [2.05, 4.69) is 0 Å². The van der Waals surface area contributed by atoms with Crippen LogP contribution in [0, 0.1) is 0 Å². The standard InChI is InChI=1S/C15H15NO3/c16-14(15(18)19)8-11-6-7-12(17)9-13(11)10-4-2-1-3-5-10/h1-7,9,14,17H,8,16H2,(H,18,19)/t14-/m0/s1. The molecule has 0 unspecified atom stereocenters. The van der Waals surface area contributed by atoms with Crippen LogP contribution in [0.4, 0.5) is 0 Å². The molecule has 0 amide bonds. The molecule has 0 fully saturated rings. The molecule has 0 saturated carbocycles. The van der Waals surface area contributed by atoms with Crippen molar-refractivity contribution in [3.8, 4) is 16.9 Å². The first kappa shape index (κ1) is 13.1. The summed E-state index contributed by atoms with van der Waals surface area (Å²) in [6, 6.07) is 13.4. The van der Waals surface area contributed by atoms with Gasteiger partial charge in [0.2, 0.25) is 0 Å². The Morgan fingerprint density at radius 2 is 1.84 bits per heavy atom. The first-order valence-electron chi connectivity index (χ1n) is 5.93. The molecule has 0 aliphatic rings. The molecule has 0 aromatic heterocycles. The summed E-state index contributed by atoms with van der Waals surface area (Å²) in [6.45, 7) is 0. The zero-order valence-corrected chi connectivity index (χ0v) is 10.3. The van der Waals surface area contributed by atoms with Gasteiger partial charge >= 0.3 is 5.97 Å². The Balaban J connectivity index is 2.42. The first-order valence-corrected chi connectivity index (χ1v) is 5.93. The van der Waals surface area contributed by atoms with Crippen LogP contribution in [0.25, 0.3) is 11.1 Å². The van der Waals surface area contributed by atoms with E-state index in [4.69, 9.17) is 10.8 Å². The lowest BCUT2D eigenvalue weighted by Crippen LogP contribution is -2.32. The van der Waals surface area contributed by atoms with Gasteiger partial charge < -0.3 is 15.9 Å². The van der Waals surface area contributed by atoms with Crippen LogP contribution in [0.2, 0.25) is 0 Å². The van der Waals surface area contributed by atoms with Crippen molar-refractivity contribution in [1.82, 2.24) is 0 Å². The third kappa shape index (κ3) is 3.11. The minimum atomic E-state index is -1.04. The number of hydrogen-bond acceptors (Lipinski definition) is 3. The molecule has 2 aromatic carbocycles. The van der Waals surface area contributed by atoms with Gasteiger partial charge in [0, 0.05) is 0 Å².